The lowest BCUT2D eigenvalue weighted by molar-refractivity contribution is -0.115. The van der Waals surface area contributed by atoms with Crippen LogP contribution < -0.4 is 10.0 Å². The monoisotopic (exact) mass is 290 g/mol. The zero-order valence-electron chi connectivity index (χ0n) is 9.94. The maximum Gasteiger partial charge on any atom is 0.240 e. The van der Waals surface area contributed by atoms with Crippen molar-refractivity contribution >= 4 is 33.2 Å². The second-order valence-electron chi connectivity index (χ2n) is 3.51. The number of alkyl halides is 1. The van der Waals surface area contributed by atoms with Gasteiger partial charge in [0.25, 0.3) is 0 Å². The number of hydrogen-bond acceptors (Lipinski definition) is 3. The van der Waals surface area contributed by atoms with Gasteiger partial charge in [-0.25, -0.2) is 13.1 Å². The van der Waals surface area contributed by atoms with E-state index in [2.05, 4.69) is 10.0 Å². The number of carbonyl (C=O) groups is 1. The number of amides is 1. The number of carbonyl (C=O) groups excluding carboxylic acids is 1. The Morgan fingerprint density at radius 2 is 1.89 bits per heavy atom. The van der Waals surface area contributed by atoms with E-state index in [0.29, 0.717) is 12.2 Å². The van der Waals surface area contributed by atoms with Crippen LogP contribution in [-0.4, -0.2) is 26.7 Å². The Hall–Kier alpha value is -1.11. The molecule has 0 aliphatic carbocycles. The van der Waals surface area contributed by atoms with Gasteiger partial charge in [0.1, 0.15) is 0 Å². The van der Waals surface area contributed by atoms with Gasteiger partial charge in [-0.1, -0.05) is 6.92 Å². The normalized spacial score (nSPS) is 11.2. The lowest BCUT2D eigenvalue weighted by Crippen LogP contribution is -2.23. The van der Waals surface area contributed by atoms with Gasteiger partial charge in [-0.15, -0.1) is 11.6 Å². The smallest absolute Gasteiger partial charge is 0.240 e. The molecule has 5 nitrogen and oxygen atoms in total. The van der Waals surface area contributed by atoms with Crippen molar-refractivity contribution in [2.24, 2.45) is 0 Å². The van der Waals surface area contributed by atoms with Gasteiger partial charge in [0.2, 0.25) is 15.9 Å². The third-order valence-electron chi connectivity index (χ3n) is 2.10. The van der Waals surface area contributed by atoms with Gasteiger partial charge in [0.05, 0.1) is 4.90 Å². The first-order chi connectivity index (χ1) is 8.49. The molecule has 0 atom stereocenters. The lowest BCUT2D eigenvalue weighted by atomic mass is 10.3. The van der Waals surface area contributed by atoms with Crippen LogP contribution in [-0.2, 0) is 14.8 Å². The van der Waals surface area contributed by atoms with E-state index in [1.165, 1.54) is 24.3 Å². The third-order valence-corrected chi connectivity index (χ3v) is 3.85. The van der Waals surface area contributed by atoms with Gasteiger partial charge in [-0.2, -0.15) is 0 Å². The molecule has 0 unspecified atom stereocenters. The zero-order chi connectivity index (χ0) is 13.6. The molecule has 0 spiro atoms. The van der Waals surface area contributed by atoms with Crippen molar-refractivity contribution in [3.05, 3.63) is 24.3 Å². The second-order valence-corrected chi connectivity index (χ2v) is 5.66. The quantitative estimate of drug-likeness (QED) is 0.781. The summed E-state index contributed by atoms with van der Waals surface area (Å²) in [6.45, 7) is 2.04. The molecule has 7 heteroatoms. The van der Waals surface area contributed by atoms with Crippen LogP contribution in [0.4, 0.5) is 5.69 Å². The van der Waals surface area contributed by atoms with Gasteiger partial charge in [-0.3, -0.25) is 4.79 Å². The number of hydrogen-bond donors (Lipinski definition) is 2. The van der Waals surface area contributed by atoms with Crippen molar-refractivity contribution < 1.29 is 13.2 Å². The molecule has 0 saturated carbocycles. The Kier molecular flexibility index (Phi) is 5.58. The lowest BCUT2D eigenvalue weighted by Gasteiger charge is -2.07. The Bertz CT molecular complexity index is 500. The maximum atomic E-state index is 11.7. The van der Waals surface area contributed by atoms with E-state index in [0.717, 1.165) is 0 Å². The van der Waals surface area contributed by atoms with E-state index < -0.39 is 10.0 Å². The predicted molar refractivity (Wildman–Crippen MR) is 71.3 cm³/mol. The first kappa shape index (κ1) is 14.9. The summed E-state index contributed by atoms with van der Waals surface area (Å²) in [7, 11) is -3.45. The van der Waals surface area contributed by atoms with Gasteiger partial charge in [-0.05, 0) is 24.3 Å². The van der Waals surface area contributed by atoms with E-state index in [4.69, 9.17) is 11.6 Å². The van der Waals surface area contributed by atoms with E-state index in [-0.39, 0.29) is 23.1 Å². The van der Waals surface area contributed by atoms with E-state index >= 15 is 0 Å². The SMILES string of the molecule is CCNS(=O)(=O)c1ccc(NC(=O)CCCl)cc1. The van der Waals surface area contributed by atoms with Crippen LogP contribution in [0.3, 0.4) is 0 Å². The molecule has 0 aromatic heterocycles. The molecule has 0 aliphatic heterocycles. The molecule has 1 aromatic carbocycles. The first-order valence-corrected chi connectivity index (χ1v) is 7.47. The Labute approximate surface area is 112 Å². The van der Waals surface area contributed by atoms with Crippen molar-refractivity contribution in [3.8, 4) is 0 Å². The molecule has 1 aromatic rings. The topological polar surface area (TPSA) is 75.3 Å². The molecule has 100 valence electrons. The third kappa shape index (κ3) is 4.29. The van der Waals surface area contributed by atoms with Crippen LogP contribution in [0.5, 0.6) is 0 Å². The minimum absolute atomic E-state index is 0.166. The summed E-state index contributed by atoms with van der Waals surface area (Å²) in [6.07, 6.45) is 0.221. The molecule has 0 saturated heterocycles. The van der Waals surface area contributed by atoms with E-state index in [1.807, 2.05) is 0 Å². The summed E-state index contributed by atoms with van der Waals surface area (Å²) in [4.78, 5) is 11.4. The standard InChI is InChI=1S/C11H15ClN2O3S/c1-2-13-18(16,17)10-5-3-9(4-6-10)14-11(15)7-8-12/h3-6,13H,2,7-8H2,1H3,(H,14,15). The summed E-state index contributed by atoms with van der Waals surface area (Å²) in [5.41, 5.74) is 0.542. The summed E-state index contributed by atoms with van der Waals surface area (Å²) < 4.78 is 25.7. The fraction of sp³-hybridized carbons (Fsp3) is 0.364. The summed E-state index contributed by atoms with van der Waals surface area (Å²) in [6, 6.07) is 5.95. The Morgan fingerprint density at radius 1 is 1.28 bits per heavy atom. The van der Waals surface area contributed by atoms with Crippen molar-refractivity contribution in [2.75, 3.05) is 17.7 Å². The highest BCUT2D eigenvalue weighted by Crippen LogP contribution is 2.14. The highest BCUT2D eigenvalue weighted by atomic mass is 35.5. The minimum Gasteiger partial charge on any atom is -0.326 e. The van der Waals surface area contributed by atoms with Crippen molar-refractivity contribution in [3.63, 3.8) is 0 Å². The van der Waals surface area contributed by atoms with Gasteiger partial charge >= 0.3 is 0 Å². The summed E-state index contributed by atoms with van der Waals surface area (Å²) in [5, 5.41) is 2.61. The van der Waals surface area contributed by atoms with Crippen LogP contribution in [0.1, 0.15) is 13.3 Å². The van der Waals surface area contributed by atoms with Crippen molar-refractivity contribution in [1.82, 2.24) is 4.72 Å². The molecule has 0 aliphatic rings. The number of benzene rings is 1. The number of sulfonamides is 1. The average Bonchev–Trinajstić information content (AvgIpc) is 2.30. The fourth-order valence-electron chi connectivity index (χ4n) is 1.30. The number of anilines is 1. The van der Waals surface area contributed by atoms with Gasteiger partial charge in [0.15, 0.2) is 0 Å². The predicted octanol–water partition coefficient (Wildman–Crippen LogP) is 1.55. The fourth-order valence-corrected chi connectivity index (χ4v) is 2.51. The molecule has 18 heavy (non-hydrogen) atoms. The average molecular weight is 291 g/mol. The number of halogens is 1. The second kappa shape index (κ2) is 6.72. The molecule has 0 radical (unpaired) electrons. The van der Waals surface area contributed by atoms with Gasteiger partial charge < -0.3 is 5.32 Å². The van der Waals surface area contributed by atoms with Crippen LogP contribution >= 0.6 is 11.6 Å². The zero-order valence-corrected chi connectivity index (χ0v) is 11.5. The molecular formula is C11H15ClN2O3S. The minimum atomic E-state index is -3.45. The Balaban J connectivity index is 2.77. The van der Waals surface area contributed by atoms with Gasteiger partial charge in [0, 0.05) is 24.5 Å². The molecular weight excluding hydrogens is 276 g/mol. The first-order valence-electron chi connectivity index (χ1n) is 5.45. The summed E-state index contributed by atoms with van der Waals surface area (Å²) in [5.74, 6) is 0.0471. The molecule has 0 bridgehead atoms. The van der Waals surface area contributed by atoms with Crippen molar-refractivity contribution in [1.29, 1.82) is 0 Å². The molecule has 1 rings (SSSR count). The Morgan fingerprint density at radius 3 is 2.39 bits per heavy atom. The molecule has 0 heterocycles. The summed E-state index contributed by atoms with van der Waals surface area (Å²) >= 11 is 5.43. The molecule has 0 fully saturated rings. The highest BCUT2D eigenvalue weighted by molar-refractivity contribution is 7.89. The molecule has 2 N–H and O–H groups in total. The van der Waals surface area contributed by atoms with Crippen LogP contribution in [0.25, 0.3) is 0 Å². The van der Waals surface area contributed by atoms with Crippen LogP contribution in [0.15, 0.2) is 29.2 Å². The van der Waals surface area contributed by atoms with Crippen molar-refractivity contribution in [2.45, 2.75) is 18.2 Å². The van der Waals surface area contributed by atoms with E-state index in [1.54, 1.807) is 6.92 Å². The molecule has 1 amide bonds. The highest BCUT2D eigenvalue weighted by Gasteiger charge is 2.12. The van der Waals surface area contributed by atoms with E-state index in [9.17, 15) is 13.2 Å². The number of nitrogens with one attached hydrogen (secondary N) is 2. The largest absolute Gasteiger partial charge is 0.326 e. The van der Waals surface area contributed by atoms with Crippen LogP contribution in [0, 0.1) is 0 Å². The number of rotatable bonds is 6. The maximum absolute atomic E-state index is 11.7. The van der Waals surface area contributed by atoms with Crippen LogP contribution in [0.2, 0.25) is 0 Å².